The number of carbonyl (C=O) groups is 1. The second kappa shape index (κ2) is 8.73. The molecule has 0 heterocycles. The van der Waals surface area contributed by atoms with Crippen molar-refractivity contribution in [3.05, 3.63) is 92.3 Å². The van der Waals surface area contributed by atoms with Gasteiger partial charge in [0, 0.05) is 12.2 Å². The quantitative estimate of drug-likeness (QED) is 0.334. The highest BCUT2D eigenvalue weighted by atomic mass is 16.7. The first-order valence-corrected chi connectivity index (χ1v) is 7.15. The summed E-state index contributed by atoms with van der Waals surface area (Å²) in [5, 5.41) is 20.5. The highest BCUT2D eigenvalue weighted by Crippen LogP contribution is 2.17. The molecule has 132 valence electrons. The fourth-order valence-electron chi connectivity index (χ4n) is 1.80. The average Bonchev–Trinajstić information content (AvgIpc) is 2.60. The molecule has 0 N–H and O–H groups in total. The van der Waals surface area contributed by atoms with Gasteiger partial charge in [-0.3, -0.25) is 20.2 Å². The lowest BCUT2D eigenvalue weighted by atomic mass is 10.2. The Bertz CT molecular complexity index is 784. The topological polar surface area (TPSA) is 122 Å². The summed E-state index contributed by atoms with van der Waals surface area (Å²) in [4.78, 5) is 31.1. The normalized spacial score (nSPS) is 10.8. The number of nitrogens with zero attached hydrogens (tertiary/aromatic N) is 2. The lowest BCUT2D eigenvalue weighted by Gasteiger charge is -2.06. The van der Waals surface area contributed by atoms with Gasteiger partial charge in [-0.2, -0.15) is 0 Å². The first-order valence-electron chi connectivity index (χ1n) is 7.15. The summed E-state index contributed by atoms with van der Waals surface area (Å²) in [6, 6.07) is 12.0. The van der Waals surface area contributed by atoms with E-state index in [1.165, 1.54) is 36.4 Å². The van der Waals surface area contributed by atoms with Crippen LogP contribution in [0.15, 0.2) is 60.9 Å². The van der Waals surface area contributed by atoms with E-state index in [0.717, 1.165) is 12.4 Å². The molecule has 0 radical (unpaired) electrons. The van der Waals surface area contributed by atoms with E-state index in [4.69, 9.17) is 9.47 Å². The molecule has 2 aromatic rings. The van der Waals surface area contributed by atoms with Gasteiger partial charge in [0.05, 0.1) is 9.85 Å². The smallest absolute Gasteiger partial charge is 0.395 e. The van der Waals surface area contributed by atoms with Crippen molar-refractivity contribution >= 4 is 18.3 Å². The number of nitro groups is 2. The van der Waals surface area contributed by atoms with Crippen LogP contribution in [0.1, 0.15) is 11.1 Å². The van der Waals surface area contributed by atoms with Crippen LogP contribution in [0, 0.1) is 20.2 Å². The van der Waals surface area contributed by atoms with E-state index >= 15 is 0 Å². The molecule has 0 bridgehead atoms. The molecule has 2 rings (SSSR count). The second-order valence-electron chi connectivity index (χ2n) is 4.79. The van der Waals surface area contributed by atoms with Crippen molar-refractivity contribution in [3.8, 4) is 11.5 Å². The maximum Gasteiger partial charge on any atom is 0.519 e. The molecular weight excluding hydrogens is 344 g/mol. The highest BCUT2D eigenvalue weighted by Gasteiger charge is 2.08. The third kappa shape index (κ3) is 6.24. The summed E-state index contributed by atoms with van der Waals surface area (Å²) in [5.74, 6) is 0.414. The van der Waals surface area contributed by atoms with Crippen molar-refractivity contribution in [1.29, 1.82) is 0 Å². The standard InChI is InChI=1S/C17H12N2O7/c20-17(25-15-5-1-13(2-6-15)9-11-18(21)22)26-16-7-3-14(4-8-16)10-12-19(23)24/h1-12H/b11-9+,12-10+. The first kappa shape index (κ1) is 18.3. The van der Waals surface area contributed by atoms with Gasteiger partial charge in [-0.05, 0) is 35.4 Å². The summed E-state index contributed by atoms with van der Waals surface area (Å²) in [5.41, 5.74) is 1.14. The van der Waals surface area contributed by atoms with Crippen LogP contribution >= 0.6 is 0 Å². The predicted molar refractivity (Wildman–Crippen MR) is 91.6 cm³/mol. The van der Waals surface area contributed by atoms with Crippen molar-refractivity contribution in [2.24, 2.45) is 0 Å². The Labute approximate surface area is 147 Å². The van der Waals surface area contributed by atoms with Crippen LogP contribution in [0.4, 0.5) is 4.79 Å². The SMILES string of the molecule is O=C(Oc1ccc(/C=C/[N+](=O)[O-])cc1)Oc1ccc(/C=C/[N+](=O)[O-])cc1. The molecule has 0 spiro atoms. The molecule has 0 fully saturated rings. The molecule has 0 aromatic heterocycles. The zero-order chi connectivity index (χ0) is 18.9. The minimum absolute atomic E-state index is 0.207. The maximum absolute atomic E-state index is 11.7. The highest BCUT2D eigenvalue weighted by molar-refractivity contribution is 5.67. The van der Waals surface area contributed by atoms with E-state index in [-0.39, 0.29) is 11.5 Å². The Morgan fingerprint density at radius 3 is 1.38 bits per heavy atom. The maximum atomic E-state index is 11.7. The molecular formula is C17H12N2O7. The molecule has 26 heavy (non-hydrogen) atoms. The van der Waals surface area contributed by atoms with E-state index < -0.39 is 16.0 Å². The van der Waals surface area contributed by atoms with E-state index in [0.29, 0.717) is 11.1 Å². The summed E-state index contributed by atoms with van der Waals surface area (Å²) < 4.78 is 9.97. The largest absolute Gasteiger partial charge is 0.519 e. The van der Waals surface area contributed by atoms with E-state index in [1.54, 1.807) is 24.3 Å². The first-order chi connectivity index (χ1) is 12.4. The van der Waals surface area contributed by atoms with E-state index in [1.807, 2.05) is 0 Å². The summed E-state index contributed by atoms with van der Waals surface area (Å²) in [6.45, 7) is 0. The lowest BCUT2D eigenvalue weighted by Crippen LogP contribution is -2.13. The van der Waals surface area contributed by atoms with Gasteiger partial charge in [0.15, 0.2) is 0 Å². The van der Waals surface area contributed by atoms with Gasteiger partial charge >= 0.3 is 6.16 Å². The minimum atomic E-state index is -0.966. The van der Waals surface area contributed by atoms with Crippen molar-refractivity contribution < 1.29 is 24.1 Å². The van der Waals surface area contributed by atoms with Crippen molar-refractivity contribution in [1.82, 2.24) is 0 Å². The van der Waals surface area contributed by atoms with Crippen LogP contribution < -0.4 is 9.47 Å². The Kier molecular flexibility index (Phi) is 6.16. The minimum Gasteiger partial charge on any atom is -0.395 e. The Morgan fingerprint density at radius 2 is 1.08 bits per heavy atom. The molecule has 0 saturated carbocycles. The molecule has 9 heteroatoms. The van der Waals surface area contributed by atoms with Gasteiger partial charge in [0.1, 0.15) is 11.5 Å². The fourth-order valence-corrected chi connectivity index (χ4v) is 1.80. The Hall–Kier alpha value is -4.01. The molecule has 9 nitrogen and oxygen atoms in total. The monoisotopic (exact) mass is 356 g/mol. The van der Waals surface area contributed by atoms with Gasteiger partial charge in [0.25, 0.3) is 0 Å². The molecule has 0 aliphatic carbocycles. The number of ether oxygens (including phenoxy) is 2. The third-order valence-electron chi connectivity index (χ3n) is 2.94. The number of carbonyl (C=O) groups excluding carboxylic acids is 1. The zero-order valence-electron chi connectivity index (χ0n) is 13.2. The second-order valence-corrected chi connectivity index (χ2v) is 4.79. The average molecular weight is 356 g/mol. The van der Waals surface area contributed by atoms with Gasteiger partial charge < -0.3 is 9.47 Å². The lowest BCUT2D eigenvalue weighted by molar-refractivity contribution is -0.401. The molecule has 0 amide bonds. The molecule has 0 saturated heterocycles. The molecule has 0 atom stereocenters. The molecule has 0 aliphatic rings. The molecule has 2 aromatic carbocycles. The summed E-state index contributed by atoms with van der Waals surface area (Å²) in [6.07, 6.45) is 3.24. The van der Waals surface area contributed by atoms with E-state index in [2.05, 4.69) is 0 Å². The number of benzene rings is 2. The Balaban J connectivity index is 1.92. The zero-order valence-corrected chi connectivity index (χ0v) is 13.2. The van der Waals surface area contributed by atoms with Crippen LogP contribution in [0.3, 0.4) is 0 Å². The van der Waals surface area contributed by atoms with E-state index in [9.17, 15) is 25.0 Å². The summed E-state index contributed by atoms with van der Waals surface area (Å²) in [7, 11) is 0. The van der Waals surface area contributed by atoms with Crippen molar-refractivity contribution in [3.63, 3.8) is 0 Å². The Morgan fingerprint density at radius 1 is 0.731 bits per heavy atom. The van der Waals surface area contributed by atoms with Crippen LogP contribution in [0.2, 0.25) is 0 Å². The molecule has 0 aliphatic heterocycles. The number of hydrogen-bond acceptors (Lipinski definition) is 7. The van der Waals surface area contributed by atoms with Crippen LogP contribution in [0.5, 0.6) is 11.5 Å². The van der Waals surface area contributed by atoms with Gasteiger partial charge in [-0.1, -0.05) is 24.3 Å². The van der Waals surface area contributed by atoms with Gasteiger partial charge in [-0.25, -0.2) is 4.79 Å². The number of hydrogen-bond donors (Lipinski definition) is 0. The summed E-state index contributed by atoms with van der Waals surface area (Å²) >= 11 is 0. The van der Waals surface area contributed by atoms with Crippen LogP contribution in [-0.2, 0) is 0 Å². The fraction of sp³-hybridized carbons (Fsp3) is 0. The van der Waals surface area contributed by atoms with Crippen LogP contribution in [0.25, 0.3) is 12.2 Å². The van der Waals surface area contributed by atoms with Crippen LogP contribution in [-0.4, -0.2) is 16.0 Å². The number of rotatable bonds is 6. The molecule has 0 unspecified atom stereocenters. The van der Waals surface area contributed by atoms with Crippen molar-refractivity contribution in [2.45, 2.75) is 0 Å². The van der Waals surface area contributed by atoms with Crippen molar-refractivity contribution in [2.75, 3.05) is 0 Å². The predicted octanol–water partition coefficient (Wildman–Crippen LogP) is 3.76. The van der Waals surface area contributed by atoms with Gasteiger partial charge in [-0.15, -0.1) is 0 Å². The van der Waals surface area contributed by atoms with Gasteiger partial charge in [0.2, 0.25) is 12.4 Å². The third-order valence-corrected chi connectivity index (χ3v) is 2.94.